The zero-order valence-electron chi connectivity index (χ0n) is 13.5. The Kier molecular flexibility index (Phi) is 5.49. The van der Waals surface area contributed by atoms with Gasteiger partial charge in [0.05, 0.1) is 0 Å². The quantitative estimate of drug-likeness (QED) is 0.614. The molecule has 2 amide bonds. The summed E-state index contributed by atoms with van der Waals surface area (Å²) in [5, 5.41) is 22.8. The van der Waals surface area contributed by atoms with E-state index in [1.165, 1.54) is 11.3 Å². The fraction of sp³-hybridized carbons (Fsp3) is 0.118. The molecule has 2 heterocycles. The Morgan fingerprint density at radius 3 is 2.50 bits per heavy atom. The molecule has 1 atom stereocenters. The minimum atomic E-state index is -1.27. The number of nitrogens with one attached hydrogen (secondary N) is 2. The maximum Gasteiger partial charge on any atom is 0.405 e. The molecule has 132 valence electrons. The molecular weight excluding hydrogens is 354 g/mol. The summed E-state index contributed by atoms with van der Waals surface area (Å²) in [6.45, 7) is 0. The fourth-order valence-corrected chi connectivity index (χ4v) is 3.04. The molecule has 0 aliphatic carbocycles. The first-order valence-corrected chi connectivity index (χ1v) is 8.51. The van der Waals surface area contributed by atoms with Gasteiger partial charge in [0.25, 0.3) is 0 Å². The molecule has 0 fully saturated rings. The molecule has 1 unspecified atom stereocenters. The third kappa shape index (κ3) is 4.61. The Morgan fingerprint density at radius 2 is 1.81 bits per heavy atom. The third-order valence-electron chi connectivity index (χ3n) is 3.48. The van der Waals surface area contributed by atoms with Gasteiger partial charge in [0.15, 0.2) is 0 Å². The number of benzene rings is 1. The van der Waals surface area contributed by atoms with E-state index in [4.69, 9.17) is 5.11 Å². The van der Waals surface area contributed by atoms with Gasteiger partial charge in [0, 0.05) is 24.4 Å². The molecule has 3 rings (SSSR count). The lowest BCUT2D eigenvalue weighted by Crippen LogP contribution is -2.44. The van der Waals surface area contributed by atoms with Crippen LogP contribution in [0.1, 0.15) is 5.56 Å². The first kappa shape index (κ1) is 17.5. The van der Waals surface area contributed by atoms with Crippen molar-refractivity contribution < 1.29 is 14.7 Å². The van der Waals surface area contributed by atoms with Crippen molar-refractivity contribution in [2.24, 2.45) is 0 Å². The van der Waals surface area contributed by atoms with Crippen molar-refractivity contribution in [3.05, 3.63) is 60.4 Å². The van der Waals surface area contributed by atoms with Crippen molar-refractivity contribution in [3.63, 3.8) is 0 Å². The third-order valence-corrected chi connectivity index (χ3v) is 4.37. The number of nitrogens with zero attached hydrogens (tertiary/aromatic N) is 3. The van der Waals surface area contributed by atoms with Crippen LogP contribution in [0, 0.1) is 0 Å². The molecule has 3 N–H and O–H groups in total. The fourth-order valence-electron chi connectivity index (χ4n) is 2.29. The Morgan fingerprint density at radius 1 is 1.08 bits per heavy atom. The molecule has 0 bridgehead atoms. The van der Waals surface area contributed by atoms with E-state index in [9.17, 15) is 9.59 Å². The Bertz CT molecular complexity index is 886. The van der Waals surface area contributed by atoms with E-state index in [1.54, 1.807) is 24.5 Å². The number of carbonyl (C=O) groups is 2. The van der Waals surface area contributed by atoms with Crippen LogP contribution >= 0.6 is 11.3 Å². The van der Waals surface area contributed by atoms with Crippen LogP contribution in [0.15, 0.2) is 54.9 Å². The van der Waals surface area contributed by atoms with Crippen LogP contribution in [0.25, 0.3) is 10.6 Å². The van der Waals surface area contributed by atoms with Gasteiger partial charge in [0.1, 0.15) is 11.0 Å². The van der Waals surface area contributed by atoms with Crippen molar-refractivity contribution >= 4 is 28.5 Å². The summed E-state index contributed by atoms with van der Waals surface area (Å²) in [5.74, 6) is -0.492. The molecule has 2 aromatic heterocycles. The molecule has 0 aliphatic heterocycles. The molecule has 0 spiro atoms. The molecule has 26 heavy (non-hydrogen) atoms. The number of carbonyl (C=O) groups excluding carboxylic acids is 1. The molecule has 1 aromatic carbocycles. The summed E-state index contributed by atoms with van der Waals surface area (Å²) < 4.78 is 0. The second-order valence-electron chi connectivity index (χ2n) is 5.33. The van der Waals surface area contributed by atoms with E-state index in [2.05, 4.69) is 25.8 Å². The number of amides is 2. The van der Waals surface area contributed by atoms with Gasteiger partial charge in [-0.1, -0.05) is 41.7 Å². The first-order valence-electron chi connectivity index (χ1n) is 7.70. The van der Waals surface area contributed by atoms with Crippen molar-refractivity contribution in [2.75, 3.05) is 5.32 Å². The average molecular weight is 369 g/mol. The molecule has 8 nitrogen and oxygen atoms in total. The van der Waals surface area contributed by atoms with Gasteiger partial charge < -0.3 is 10.4 Å². The molecule has 0 saturated carbocycles. The topological polar surface area (TPSA) is 117 Å². The molecule has 0 aliphatic rings. The second-order valence-corrected chi connectivity index (χ2v) is 6.31. The van der Waals surface area contributed by atoms with Gasteiger partial charge in [-0.15, -0.1) is 10.2 Å². The van der Waals surface area contributed by atoms with Gasteiger partial charge >= 0.3 is 6.09 Å². The summed E-state index contributed by atoms with van der Waals surface area (Å²) in [6.07, 6.45) is 2.24. The largest absolute Gasteiger partial charge is 0.465 e. The Labute approximate surface area is 152 Å². The predicted molar refractivity (Wildman–Crippen MR) is 96.9 cm³/mol. The number of hydrogen-bond donors (Lipinski definition) is 3. The zero-order valence-corrected chi connectivity index (χ0v) is 14.3. The maximum absolute atomic E-state index is 12.5. The smallest absolute Gasteiger partial charge is 0.405 e. The number of pyridine rings is 1. The van der Waals surface area contributed by atoms with E-state index < -0.39 is 18.0 Å². The number of carboxylic acid groups (broad SMARTS) is 1. The summed E-state index contributed by atoms with van der Waals surface area (Å²) in [6, 6.07) is 11.8. The van der Waals surface area contributed by atoms with E-state index in [-0.39, 0.29) is 6.42 Å². The predicted octanol–water partition coefficient (Wildman–Crippen LogP) is 2.42. The Balaban J connectivity index is 1.71. The van der Waals surface area contributed by atoms with Crippen LogP contribution in [0.2, 0.25) is 0 Å². The summed E-state index contributed by atoms with van der Waals surface area (Å²) in [5.41, 5.74) is 1.68. The van der Waals surface area contributed by atoms with Crippen LogP contribution in [0.3, 0.4) is 0 Å². The highest BCUT2D eigenvalue weighted by molar-refractivity contribution is 7.18. The van der Waals surface area contributed by atoms with Crippen molar-refractivity contribution in [3.8, 4) is 10.6 Å². The lowest BCUT2D eigenvalue weighted by Gasteiger charge is -2.15. The minimum absolute atomic E-state index is 0.231. The lowest BCUT2D eigenvalue weighted by molar-refractivity contribution is -0.118. The van der Waals surface area contributed by atoms with Gasteiger partial charge in [0.2, 0.25) is 11.0 Å². The van der Waals surface area contributed by atoms with Gasteiger partial charge in [-0.2, -0.15) is 0 Å². The lowest BCUT2D eigenvalue weighted by atomic mass is 10.1. The average Bonchev–Trinajstić information content (AvgIpc) is 3.11. The molecule has 3 aromatic rings. The van der Waals surface area contributed by atoms with Crippen LogP contribution in [0.4, 0.5) is 9.93 Å². The standard InChI is InChI=1S/C17H15N5O3S/c23-14(13(19-17(24)25)10-11-4-2-1-3-5-11)20-16-22-21-15(26-16)12-6-8-18-9-7-12/h1-9,13,19H,10H2,(H,24,25)(H,20,22,23). The maximum atomic E-state index is 12.5. The molecule has 0 saturated heterocycles. The van der Waals surface area contributed by atoms with Crippen LogP contribution in [-0.4, -0.2) is 38.3 Å². The number of hydrogen-bond acceptors (Lipinski definition) is 6. The molecule has 9 heteroatoms. The molecular formula is C17H15N5O3S. The zero-order chi connectivity index (χ0) is 18.4. The highest BCUT2D eigenvalue weighted by Crippen LogP contribution is 2.25. The van der Waals surface area contributed by atoms with Crippen LogP contribution in [0.5, 0.6) is 0 Å². The van der Waals surface area contributed by atoms with Crippen molar-refractivity contribution in [1.29, 1.82) is 0 Å². The molecule has 0 radical (unpaired) electrons. The van der Waals surface area contributed by atoms with E-state index in [1.807, 2.05) is 30.3 Å². The van der Waals surface area contributed by atoms with Gasteiger partial charge in [-0.05, 0) is 17.7 Å². The van der Waals surface area contributed by atoms with Crippen LogP contribution in [-0.2, 0) is 11.2 Å². The number of anilines is 1. The van der Waals surface area contributed by atoms with Crippen molar-refractivity contribution in [2.45, 2.75) is 12.5 Å². The highest BCUT2D eigenvalue weighted by atomic mass is 32.1. The van der Waals surface area contributed by atoms with E-state index >= 15 is 0 Å². The normalized spacial score (nSPS) is 11.5. The van der Waals surface area contributed by atoms with E-state index in [0.717, 1.165) is 11.1 Å². The second kappa shape index (κ2) is 8.17. The van der Waals surface area contributed by atoms with Gasteiger partial charge in [-0.25, -0.2) is 4.79 Å². The first-order chi connectivity index (χ1) is 12.6. The number of rotatable bonds is 6. The van der Waals surface area contributed by atoms with Crippen molar-refractivity contribution in [1.82, 2.24) is 20.5 Å². The minimum Gasteiger partial charge on any atom is -0.465 e. The number of aromatic nitrogens is 3. The summed E-state index contributed by atoms with van der Waals surface area (Å²) in [7, 11) is 0. The highest BCUT2D eigenvalue weighted by Gasteiger charge is 2.22. The van der Waals surface area contributed by atoms with Crippen LogP contribution < -0.4 is 10.6 Å². The van der Waals surface area contributed by atoms with Gasteiger partial charge in [-0.3, -0.25) is 15.1 Å². The Hall–Kier alpha value is -3.33. The van der Waals surface area contributed by atoms with E-state index in [0.29, 0.717) is 10.1 Å². The SMILES string of the molecule is O=C(O)NC(Cc1ccccc1)C(=O)Nc1nnc(-c2ccncc2)s1. The monoisotopic (exact) mass is 369 g/mol. The summed E-state index contributed by atoms with van der Waals surface area (Å²) >= 11 is 1.20. The summed E-state index contributed by atoms with van der Waals surface area (Å²) in [4.78, 5) is 27.5.